The number of nitrogens with one attached hydrogen (secondary N) is 1. The Morgan fingerprint density at radius 3 is 2.56 bits per heavy atom. The summed E-state index contributed by atoms with van der Waals surface area (Å²) >= 11 is 0. The molecule has 84 valence electrons. The Bertz CT molecular complexity index is 392. The Balaban J connectivity index is 2.54. The number of nitrogens with zero attached hydrogens (tertiary/aromatic N) is 1. The van der Waals surface area contributed by atoms with Crippen molar-refractivity contribution in [2.45, 2.75) is 25.9 Å². The Morgan fingerprint density at radius 1 is 1.50 bits per heavy atom. The molecule has 0 heterocycles. The van der Waals surface area contributed by atoms with Crippen molar-refractivity contribution in [2.24, 2.45) is 5.73 Å². The summed E-state index contributed by atoms with van der Waals surface area (Å²) in [6.45, 7) is 2.48. The molecule has 4 heteroatoms. The number of benzene rings is 1. The fraction of sp³-hybridized carbons (Fsp3) is 0.333. The predicted octanol–water partition coefficient (Wildman–Crippen LogP) is 0.912. The zero-order chi connectivity index (χ0) is 12.0. The van der Waals surface area contributed by atoms with Gasteiger partial charge in [-0.2, -0.15) is 5.26 Å². The minimum Gasteiger partial charge on any atom is -0.368 e. The molecule has 0 aliphatic rings. The second-order valence-corrected chi connectivity index (χ2v) is 3.55. The molecule has 1 aromatic carbocycles. The smallest absolute Gasteiger partial charge is 0.234 e. The second kappa shape index (κ2) is 5.89. The third-order valence-electron chi connectivity index (χ3n) is 2.39. The maximum Gasteiger partial charge on any atom is 0.234 e. The van der Waals surface area contributed by atoms with E-state index in [1.807, 2.05) is 19.1 Å². The maximum absolute atomic E-state index is 11.0. The third kappa shape index (κ3) is 3.37. The number of primary amides is 1. The van der Waals surface area contributed by atoms with Gasteiger partial charge in [-0.15, -0.1) is 0 Å². The number of amides is 1. The highest BCUT2D eigenvalue weighted by Crippen LogP contribution is 2.03. The standard InChI is InChI=1S/C12H15N3O/c1-2-11(12(14)16)15-8-10-5-3-9(7-13)4-6-10/h3-6,11,15H,2,8H2,1H3,(H2,14,16). The van der Waals surface area contributed by atoms with Gasteiger partial charge in [-0.25, -0.2) is 0 Å². The van der Waals surface area contributed by atoms with Crippen LogP contribution in [0.4, 0.5) is 0 Å². The van der Waals surface area contributed by atoms with E-state index in [1.165, 1.54) is 0 Å². The van der Waals surface area contributed by atoms with Gasteiger partial charge in [-0.1, -0.05) is 19.1 Å². The number of nitriles is 1. The lowest BCUT2D eigenvalue weighted by Crippen LogP contribution is -2.40. The molecule has 0 fully saturated rings. The molecule has 0 aliphatic heterocycles. The molecular weight excluding hydrogens is 202 g/mol. The van der Waals surface area contributed by atoms with Crippen LogP contribution in [-0.2, 0) is 11.3 Å². The summed E-state index contributed by atoms with van der Waals surface area (Å²) in [5.74, 6) is -0.337. The lowest BCUT2D eigenvalue weighted by atomic mass is 10.1. The average molecular weight is 217 g/mol. The molecule has 0 radical (unpaired) electrons. The van der Waals surface area contributed by atoms with Crippen molar-refractivity contribution in [3.05, 3.63) is 35.4 Å². The fourth-order valence-corrected chi connectivity index (χ4v) is 1.38. The Labute approximate surface area is 95.1 Å². The zero-order valence-corrected chi connectivity index (χ0v) is 9.23. The number of carbonyl (C=O) groups is 1. The minimum atomic E-state index is -0.337. The first kappa shape index (κ1) is 12.2. The van der Waals surface area contributed by atoms with E-state index < -0.39 is 0 Å². The van der Waals surface area contributed by atoms with Gasteiger partial charge in [0.2, 0.25) is 5.91 Å². The van der Waals surface area contributed by atoms with Crippen molar-refractivity contribution in [1.29, 1.82) is 5.26 Å². The van der Waals surface area contributed by atoms with Gasteiger partial charge < -0.3 is 11.1 Å². The van der Waals surface area contributed by atoms with E-state index in [2.05, 4.69) is 11.4 Å². The summed E-state index contributed by atoms with van der Waals surface area (Å²) in [4.78, 5) is 11.0. The van der Waals surface area contributed by atoms with E-state index in [9.17, 15) is 4.79 Å². The van der Waals surface area contributed by atoms with Crippen molar-refractivity contribution in [3.63, 3.8) is 0 Å². The summed E-state index contributed by atoms with van der Waals surface area (Å²) < 4.78 is 0. The van der Waals surface area contributed by atoms with Crippen LogP contribution in [0.3, 0.4) is 0 Å². The summed E-state index contributed by atoms with van der Waals surface area (Å²) in [6.07, 6.45) is 0.672. The normalized spacial score (nSPS) is 11.8. The van der Waals surface area contributed by atoms with Crippen LogP contribution in [0.5, 0.6) is 0 Å². The van der Waals surface area contributed by atoms with Crippen LogP contribution in [0.15, 0.2) is 24.3 Å². The Kier molecular flexibility index (Phi) is 4.49. The van der Waals surface area contributed by atoms with Crippen LogP contribution >= 0.6 is 0 Å². The van der Waals surface area contributed by atoms with Crippen LogP contribution in [0.1, 0.15) is 24.5 Å². The highest BCUT2D eigenvalue weighted by atomic mass is 16.1. The van der Waals surface area contributed by atoms with Crippen molar-refractivity contribution < 1.29 is 4.79 Å². The van der Waals surface area contributed by atoms with Gasteiger partial charge in [0.1, 0.15) is 0 Å². The van der Waals surface area contributed by atoms with Gasteiger partial charge in [0.25, 0.3) is 0 Å². The number of hydrogen-bond donors (Lipinski definition) is 2. The van der Waals surface area contributed by atoms with E-state index in [0.29, 0.717) is 18.5 Å². The molecule has 0 aliphatic carbocycles. The van der Waals surface area contributed by atoms with Crippen LogP contribution < -0.4 is 11.1 Å². The van der Waals surface area contributed by atoms with E-state index >= 15 is 0 Å². The summed E-state index contributed by atoms with van der Waals surface area (Å²) in [5, 5.41) is 11.7. The number of rotatable bonds is 5. The van der Waals surface area contributed by atoms with Gasteiger partial charge in [-0.3, -0.25) is 4.79 Å². The molecular formula is C12H15N3O. The van der Waals surface area contributed by atoms with Crippen molar-refractivity contribution in [3.8, 4) is 6.07 Å². The molecule has 0 bridgehead atoms. The Morgan fingerprint density at radius 2 is 2.12 bits per heavy atom. The van der Waals surface area contributed by atoms with Gasteiger partial charge in [0.05, 0.1) is 17.7 Å². The molecule has 4 nitrogen and oxygen atoms in total. The summed E-state index contributed by atoms with van der Waals surface area (Å²) in [7, 11) is 0. The maximum atomic E-state index is 11.0. The van der Waals surface area contributed by atoms with Gasteiger partial charge in [0.15, 0.2) is 0 Å². The molecule has 1 aromatic rings. The SMILES string of the molecule is CCC(NCc1ccc(C#N)cc1)C(N)=O. The molecule has 1 amide bonds. The van der Waals surface area contributed by atoms with Crippen LogP contribution in [0.25, 0.3) is 0 Å². The minimum absolute atomic E-state index is 0.296. The zero-order valence-electron chi connectivity index (χ0n) is 9.23. The highest BCUT2D eigenvalue weighted by Gasteiger charge is 2.10. The van der Waals surface area contributed by atoms with Gasteiger partial charge in [0, 0.05) is 6.54 Å². The molecule has 16 heavy (non-hydrogen) atoms. The molecule has 3 N–H and O–H groups in total. The molecule has 1 atom stereocenters. The molecule has 1 unspecified atom stereocenters. The topological polar surface area (TPSA) is 78.9 Å². The van der Waals surface area contributed by atoms with Crippen LogP contribution in [-0.4, -0.2) is 11.9 Å². The number of nitrogens with two attached hydrogens (primary N) is 1. The molecule has 0 aromatic heterocycles. The summed E-state index contributed by atoms with van der Waals surface area (Å²) in [5.41, 5.74) is 6.87. The first-order chi connectivity index (χ1) is 7.67. The molecule has 0 spiro atoms. The molecule has 0 saturated heterocycles. The quantitative estimate of drug-likeness (QED) is 0.769. The fourth-order valence-electron chi connectivity index (χ4n) is 1.38. The average Bonchev–Trinajstić information content (AvgIpc) is 2.30. The number of carbonyl (C=O) groups excluding carboxylic acids is 1. The van der Waals surface area contributed by atoms with E-state index in [-0.39, 0.29) is 11.9 Å². The third-order valence-corrected chi connectivity index (χ3v) is 2.39. The van der Waals surface area contributed by atoms with Crippen molar-refractivity contribution in [1.82, 2.24) is 5.32 Å². The largest absolute Gasteiger partial charge is 0.368 e. The van der Waals surface area contributed by atoms with Gasteiger partial charge >= 0.3 is 0 Å². The predicted molar refractivity (Wildman–Crippen MR) is 61.3 cm³/mol. The highest BCUT2D eigenvalue weighted by molar-refractivity contribution is 5.79. The van der Waals surface area contributed by atoms with Gasteiger partial charge in [-0.05, 0) is 24.1 Å². The monoisotopic (exact) mass is 217 g/mol. The lowest BCUT2D eigenvalue weighted by Gasteiger charge is -2.12. The number of hydrogen-bond acceptors (Lipinski definition) is 3. The van der Waals surface area contributed by atoms with Crippen LogP contribution in [0.2, 0.25) is 0 Å². The summed E-state index contributed by atoms with van der Waals surface area (Å²) in [6, 6.07) is 8.98. The molecule has 0 saturated carbocycles. The van der Waals surface area contributed by atoms with Crippen molar-refractivity contribution in [2.75, 3.05) is 0 Å². The molecule has 1 rings (SSSR count). The van der Waals surface area contributed by atoms with E-state index in [1.54, 1.807) is 12.1 Å². The first-order valence-corrected chi connectivity index (χ1v) is 5.19. The van der Waals surface area contributed by atoms with Crippen molar-refractivity contribution >= 4 is 5.91 Å². The van der Waals surface area contributed by atoms with Crippen LogP contribution in [0, 0.1) is 11.3 Å². The van der Waals surface area contributed by atoms with E-state index in [4.69, 9.17) is 11.0 Å². The second-order valence-electron chi connectivity index (χ2n) is 3.55. The first-order valence-electron chi connectivity index (χ1n) is 5.19. The lowest BCUT2D eigenvalue weighted by molar-refractivity contribution is -0.120. The Hall–Kier alpha value is -1.86. The van der Waals surface area contributed by atoms with E-state index in [0.717, 1.165) is 5.56 Å².